The maximum atomic E-state index is 10.4. The van der Waals surface area contributed by atoms with Crippen LogP contribution in [0.15, 0.2) is 18.2 Å². The summed E-state index contributed by atoms with van der Waals surface area (Å²) in [6.45, 7) is 0. The fourth-order valence-electron chi connectivity index (χ4n) is 0.820. The zero-order valence-corrected chi connectivity index (χ0v) is 8.69. The molecule has 0 fully saturated rings. The molecule has 0 aliphatic rings. The quantitative estimate of drug-likeness (QED) is 0.735. The predicted octanol–water partition coefficient (Wildman–Crippen LogP) is 2.22. The molecule has 0 aromatic heterocycles. The molecule has 4 heteroatoms. The molecule has 0 spiro atoms. The minimum absolute atomic E-state index is 0.0167. The molecule has 1 aromatic carbocycles. The van der Waals surface area contributed by atoms with E-state index >= 15 is 0 Å². The molecule has 0 radical (unpaired) electrons. The maximum Gasteiger partial charge on any atom is 0.229 e. The molecule has 14 heavy (non-hydrogen) atoms. The van der Waals surface area contributed by atoms with Gasteiger partial charge in [0.05, 0.1) is 11.4 Å². The lowest BCUT2D eigenvalue weighted by Gasteiger charge is -1.95. The highest BCUT2D eigenvalue weighted by Gasteiger charge is 1.97. The Bertz CT molecular complexity index is 418. The van der Waals surface area contributed by atoms with E-state index in [4.69, 9.17) is 28.9 Å². The highest BCUT2D eigenvalue weighted by atomic mass is 35.5. The fraction of sp³-hybridized carbons (Fsp3) is 0.100. The van der Waals surface area contributed by atoms with Crippen LogP contribution in [0.1, 0.15) is 12.0 Å². The lowest BCUT2D eigenvalue weighted by atomic mass is 10.2. The topological polar surface area (TPSA) is 43.1 Å². The van der Waals surface area contributed by atoms with Gasteiger partial charge in [0.1, 0.15) is 0 Å². The summed E-state index contributed by atoms with van der Waals surface area (Å²) in [4.78, 5) is 10.4. The third kappa shape index (κ3) is 3.29. The lowest BCUT2D eigenvalue weighted by molar-refractivity contribution is -0.117. The molecule has 0 aliphatic heterocycles. The number of nitrogens with two attached hydrogens (primary N) is 1. The Morgan fingerprint density at radius 2 is 2.14 bits per heavy atom. The van der Waals surface area contributed by atoms with Gasteiger partial charge in [0.25, 0.3) is 0 Å². The normalized spacial score (nSPS) is 9.00. The van der Waals surface area contributed by atoms with Crippen molar-refractivity contribution >= 4 is 29.1 Å². The highest BCUT2D eigenvalue weighted by molar-refractivity contribution is 6.33. The number of hydrogen-bond acceptors (Lipinski definition) is 1. The Labute approximate surface area is 92.0 Å². The molecule has 0 aliphatic carbocycles. The van der Waals surface area contributed by atoms with E-state index in [-0.39, 0.29) is 6.42 Å². The first-order chi connectivity index (χ1) is 6.59. The Kier molecular flexibility index (Phi) is 3.82. The van der Waals surface area contributed by atoms with Gasteiger partial charge >= 0.3 is 0 Å². The van der Waals surface area contributed by atoms with Gasteiger partial charge in [-0.3, -0.25) is 4.79 Å². The zero-order chi connectivity index (χ0) is 10.6. The third-order valence-corrected chi connectivity index (χ3v) is 1.98. The maximum absolute atomic E-state index is 10.4. The van der Waals surface area contributed by atoms with E-state index in [2.05, 4.69) is 11.8 Å². The van der Waals surface area contributed by atoms with Crippen molar-refractivity contribution in [2.24, 2.45) is 5.73 Å². The van der Waals surface area contributed by atoms with E-state index < -0.39 is 5.91 Å². The van der Waals surface area contributed by atoms with Crippen LogP contribution >= 0.6 is 23.2 Å². The van der Waals surface area contributed by atoms with Gasteiger partial charge in [0.15, 0.2) is 0 Å². The first kappa shape index (κ1) is 10.9. The summed E-state index contributed by atoms with van der Waals surface area (Å²) < 4.78 is 0. The van der Waals surface area contributed by atoms with Crippen LogP contribution in [0.2, 0.25) is 10.0 Å². The SMILES string of the molecule is NC(=O)CC#Cc1cc(Cl)ccc1Cl. The molecule has 2 N–H and O–H groups in total. The van der Waals surface area contributed by atoms with Crippen molar-refractivity contribution in [3.05, 3.63) is 33.8 Å². The smallest absolute Gasteiger partial charge is 0.229 e. The second kappa shape index (κ2) is 4.90. The molecule has 72 valence electrons. The van der Waals surface area contributed by atoms with Gasteiger partial charge in [-0.1, -0.05) is 35.0 Å². The molecular weight excluding hydrogens is 221 g/mol. The molecule has 0 unspecified atom stereocenters. The molecule has 1 aromatic rings. The van der Waals surface area contributed by atoms with Crippen LogP contribution in [-0.2, 0) is 4.79 Å². The van der Waals surface area contributed by atoms with Gasteiger partial charge in [0, 0.05) is 10.6 Å². The molecule has 2 nitrogen and oxygen atoms in total. The molecular formula is C10H7Cl2NO. The van der Waals surface area contributed by atoms with E-state index in [1.54, 1.807) is 18.2 Å². The van der Waals surface area contributed by atoms with Crippen LogP contribution in [0.5, 0.6) is 0 Å². The number of carbonyl (C=O) groups is 1. The van der Waals surface area contributed by atoms with E-state index in [1.807, 2.05) is 0 Å². The Balaban J connectivity index is 2.88. The van der Waals surface area contributed by atoms with Crippen LogP contribution in [0, 0.1) is 11.8 Å². The van der Waals surface area contributed by atoms with Crippen molar-refractivity contribution in [3.8, 4) is 11.8 Å². The number of rotatable bonds is 1. The largest absolute Gasteiger partial charge is 0.369 e. The number of hydrogen-bond donors (Lipinski definition) is 1. The third-order valence-electron chi connectivity index (χ3n) is 1.41. The summed E-state index contributed by atoms with van der Waals surface area (Å²) in [5.74, 6) is 4.86. The van der Waals surface area contributed by atoms with Crippen molar-refractivity contribution in [1.29, 1.82) is 0 Å². The predicted molar refractivity (Wildman–Crippen MR) is 57.2 cm³/mol. The van der Waals surface area contributed by atoms with Crippen LogP contribution in [0.25, 0.3) is 0 Å². The average molecular weight is 228 g/mol. The summed E-state index contributed by atoms with van der Waals surface area (Å²) in [6, 6.07) is 4.96. The Morgan fingerprint density at radius 3 is 2.79 bits per heavy atom. The van der Waals surface area contributed by atoms with Crippen LogP contribution in [0.3, 0.4) is 0 Å². The van der Waals surface area contributed by atoms with Crippen molar-refractivity contribution in [2.45, 2.75) is 6.42 Å². The summed E-state index contributed by atoms with van der Waals surface area (Å²) in [5.41, 5.74) is 5.52. The van der Waals surface area contributed by atoms with Gasteiger partial charge in [-0.15, -0.1) is 0 Å². The standard InChI is InChI=1S/C10H7Cl2NO/c11-8-4-5-9(12)7(6-8)2-1-3-10(13)14/h4-6H,3H2,(H2,13,14). The minimum Gasteiger partial charge on any atom is -0.369 e. The van der Waals surface area contributed by atoms with Gasteiger partial charge in [-0.25, -0.2) is 0 Å². The molecule has 1 amide bonds. The van der Waals surface area contributed by atoms with Crippen LogP contribution in [0.4, 0.5) is 0 Å². The first-order valence-corrected chi connectivity index (χ1v) is 4.57. The molecule has 0 saturated carbocycles. The van der Waals surface area contributed by atoms with E-state index in [9.17, 15) is 4.79 Å². The van der Waals surface area contributed by atoms with Crippen molar-refractivity contribution in [2.75, 3.05) is 0 Å². The fourth-order valence-corrected chi connectivity index (χ4v) is 1.16. The van der Waals surface area contributed by atoms with Crippen molar-refractivity contribution in [1.82, 2.24) is 0 Å². The van der Waals surface area contributed by atoms with Crippen molar-refractivity contribution < 1.29 is 4.79 Å². The van der Waals surface area contributed by atoms with E-state index in [0.717, 1.165) is 0 Å². The minimum atomic E-state index is -0.462. The molecule has 0 atom stereocenters. The highest BCUT2D eigenvalue weighted by Crippen LogP contribution is 2.19. The molecule has 0 heterocycles. The average Bonchev–Trinajstić information content (AvgIpc) is 2.10. The number of halogens is 2. The Morgan fingerprint density at radius 1 is 1.43 bits per heavy atom. The number of amides is 1. The first-order valence-electron chi connectivity index (χ1n) is 3.82. The monoisotopic (exact) mass is 227 g/mol. The van der Waals surface area contributed by atoms with Crippen LogP contribution in [-0.4, -0.2) is 5.91 Å². The lowest BCUT2D eigenvalue weighted by Crippen LogP contribution is -2.08. The number of primary amides is 1. The van der Waals surface area contributed by atoms with E-state index in [0.29, 0.717) is 15.6 Å². The summed E-state index contributed by atoms with van der Waals surface area (Å²) in [5, 5.41) is 1.06. The van der Waals surface area contributed by atoms with Gasteiger partial charge in [0.2, 0.25) is 5.91 Å². The number of carbonyl (C=O) groups excluding carboxylic acids is 1. The zero-order valence-electron chi connectivity index (χ0n) is 7.18. The molecule has 0 saturated heterocycles. The Hall–Kier alpha value is -1.17. The van der Waals surface area contributed by atoms with Gasteiger partial charge < -0.3 is 5.73 Å². The molecule has 1 rings (SSSR count). The van der Waals surface area contributed by atoms with E-state index in [1.165, 1.54) is 0 Å². The van der Waals surface area contributed by atoms with Gasteiger partial charge in [-0.05, 0) is 18.2 Å². The molecule has 0 bridgehead atoms. The second-order valence-corrected chi connectivity index (χ2v) is 3.41. The summed E-state index contributed by atoms with van der Waals surface area (Å²) in [7, 11) is 0. The number of benzene rings is 1. The van der Waals surface area contributed by atoms with Crippen LogP contribution < -0.4 is 5.73 Å². The van der Waals surface area contributed by atoms with Gasteiger partial charge in [-0.2, -0.15) is 0 Å². The second-order valence-electron chi connectivity index (χ2n) is 2.57. The summed E-state index contributed by atoms with van der Waals surface area (Å²) in [6.07, 6.45) is 0.0167. The van der Waals surface area contributed by atoms with Crippen molar-refractivity contribution in [3.63, 3.8) is 0 Å². The summed E-state index contributed by atoms with van der Waals surface area (Å²) >= 11 is 11.6.